The van der Waals surface area contributed by atoms with Gasteiger partial charge in [0, 0.05) is 17.6 Å². The predicted octanol–water partition coefficient (Wildman–Crippen LogP) is 2.56. The largest absolute Gasteiger partial charge is 0.351 e. The topological polar surface area (TPSA) is 63.8 Å². The molecule has 1 aromatic carbocycles. The normalized spacial score (nSPS) is 23.4. The summed E-state index contributed by atoms with van der Waals surface area (Å²) in [6, 6.07) is 8.47. The molecule has 4 heteroatoms. The number of hydrogen-bond acceptors (Lipinski definition) is 4. The Hall–Kier alpha value is -1.68. The van der Waals surface area contributed by atoms with Gasteiger partial charge in [-0.2, -0.15) is 0 Å². The maximum absolute atomic E-state index is 5.86. The maximum atomic E-state index is 5.86. The summed E-state index contributed by atoms with van der Waals surface area (Å²) in [6.45, 7) is 0.741. The number of benzene rings is 1. The van der Waals surface area contributed by atoms with Crippen LogP contribution in [-0.2, 0) is 0 Å². The first-order chi connectivity index (χ1) is 9.36. The van der Waals surface area contributed by atoms with Crippen molar-refractivity contribution in [3.63, 3.8) is 0 Å². The molecule has 2 aromatic rings. The van der Waals surface area contributed by atoms with Gasteiger partial charge in [-0.15, -0.1) is 0 Å². The van der Waals surface area contributed by atoms with Crippen molar-refractivity contribution in [1.29, 1.82) is 0 Å². The summed E-state index contributed by atoms with van der Waals surface area (Å²) in [6.07, 6.45) is 6.81. The number of anilines is 1. The fourth-order valence-electron chi connectivity index (χ4n) is 2.89. The van der Waals surface area contributed by atoms with Crippen molar-refractivity contribution in [2.24, 2.45) is 11.7 Å². The van der Waals surface area contributed by atoms with Gasteiger partial charge in [0.1, 0.15) is 0 Å². The van der Waals surface area contributed by atoms with Gasteiger partial charge in [0.25, 0.3) is 0 Å². The Morgan fingerprint density at radius 2 is 2.05 bits per heavy atom. The number of nitrogens with zero attached hydrogens (tertiary/aromatic N) is 2. The highest BCUT2D eigenvalue weighted by Crippen LogP contribution is 2.26. The smallest absolute Gasteiger partial charge is 0.223 e. The van der Waals surface area contributed by atoms with E-state index in [2.05, 4.69) is 15.3 Å². The molecule has 0 saturated heterocycles. The summed E-state index contributed by atoms with van der Waals surface area (Å²) in [5, 5.41) is 4.55. The van der Waals surface area contributed by atoms with Crippen LogP contribution in [0.4, 0.5) is 5.95 Å². The minimum absolute atomic E-state index is 0.417. The Labute approximate surface area is 113 Å². The molecular weight excluding hydrogens is 236 g/mol. The van der Waals surface area contributed by atoms with E-state index in [0.29, 0.717) is 12.0 Å². The second kappa shape index (κ2) is 5.53. The highest BCUT2D eigenvalue weighted by molar-refractivity contribution is 5.78. The van der Waals surface area contributed by atoms with Crippen LogP contribution in [0.2, 0.25) is 0 Å². The molecule has 0 spiro atoms. The molecular formula is C15H20N4. The molecule has 2 unspecified atom stereocenters. The van der Waals surface area contributed by atoms with E-state index in [4.69, 9.17) is 5.73 Å². The van der Waals surface area contributed by atoms with Crippen molar-refractivity contribution in [3.05, 3.63) is 30.5 Å². The van der Waals surface area contributed by atoms with Crippen LogP contribution in [-0.4, -0.2) is 22.6 Å². The molecule has 3 rings (SSSR count). The van der Waals surface area contributed by atoms with E-state index in [9.17, 15) is 0 Å². The molecule has 3 N–H and O–H groups in total. The molecule has 0 aliphatic heterocycles. The Bertz CT molecular complexity index is 555. The van der Waals surface area contributed by atoms with E-state index in [1.807, 2.05) is 30.5 Å². The summed E-state index contributed by atoms with van der Waals surface area (Å²) in [5.41, 5.74) is 6.84. The maximum Gasteiger partial charge on any atom is 0.223 e. The third-order valence-corrected chi connectivity index (χ3v) is 4.02. The zero-order chi connectivity index (χ0) is 13.1. The zero-order valence-corrected chi connectivity index (χ0v) is 11.0. The Balaban J connectivity index is 1.80. The first-order valence-corrected chi connectivity index (χ1v) is 7.05. The summed E-state index contributed by atoms with van der Waals surface area (Å²) >= 11 is 0. The fourth-order valence-corrected chi connectivity index (χ4v) is 2.89. The molecule has 0 radical (unpaired) electrons. The van der Waals surface area contributed by atoms with E-state index in [1.54, 1.807) is 0 Å². The Morgan fingerprint density at radius 1 is 1.21 bits per heavy atom. The predicted molar refractivity (Wildman–Crippen MR) is 78.0 cm³/mol. The quantitative estimate of drug-likeness (QED) is 0.886. The minimum Gasteiger partial charge on any atom is -0.351 e. The van der Waals surface area contributed by atoms with Crippen LogP contribution in [0.25, 0.3) is 10.9 Å². The van der Waals surface area contributed by atoms with Gasteiger partial charge < -0.3 is 11.1 Å². The van der Waals surface area contributed by atoms with Crippen LogP contribution in [0.15, 0.2) is 30.5 Å². The van der Waals surface area contributed by atoms with Gasteiger partial charge in [-0.25, -0.2) is 9.97 Å². The van der Waals surface area contributed by atoms with Gasteiger partial charge in [0.2, 0.25) is 5.95 Å². The lowest BCUT2D eigenvalue weighted by Crippen LogP contribution is -2.37. The van der Waals surface area contributed by atoms with Crippen molar-refractivity contribution in [2.45, 2.75) is 31.7 Å². The van der Waals surface area contributed by atoms with Crippen molar-refractivity contribution in [3.8, 4) is 0 Å². The fraction of sp³-hybridized carbons (Fsp3) is 0.467. The number of para-hydroxylation sites is 1. The molecule has 100 valence electrons. The summed E-state index contributed by atoms with van der Waals surface area (Å²) in [4.78, 5) is 8.98. The number of nitrogens with two attached hydrogens (primary N) is 1. The minimum atomic E-state index is 0.417. The third kappa shape index (κ3) is 2.68. The lowest BCUT2D eigenvalue weighted by Gasteiger charge is -2.31. The third-order valence-electron chi connectivity index (χ3n) is 4.02. The number of aromatic nitrogens is 2. The lowest BCUT2D eigenvalue weighted by molar-refractivity contribution is 0.331. The van der Waals surface area contributed by atoms with Gasteiger partial charge >= 0.3 is 0 Å². The Kier molecular flexibility index (Phi) is 3.60. The molecule has 0 amide bonds. The molecule has 0 bridgehead atoms. The van der Waals surface area contributed by atoms with Crippen molar-refractivity contribution < 1.29 is 0 Å². The molecule has 19 heavy (non-hydrogen) atoms. The van der Waals surface area contributed by atoms with Gasteiger partial charge in [0.05, 0.1) is 5.52 Å². The molecule has 1 saturated carbocycles. The molecule has 2 atom stereocenters. The van der Waals surface area contributed by atoms with Crippen LogP contribution >= 0.6 is 0 Å². The molecule has 1 fully saturated rings. The standard InChI is InChI=1S/C15H20N4/c16-9-11-5-1-3-7-13(11)18-15-17-10-12-6-2-4-8-14(12)19-15/h2,4,6,8,10-11,13H,1,3,5,7,9,16H2,(H,17,18,19). The second-order valence-corrected chi connectivity index (χ2v) is 5.28. The van der Waals surface area contributed by atoms with Crippen molar-refractivity contribution >= 4 is 16.9 Å². The van der Waals surface area contributed by atoms with Crippen LogP contribution < -0.4 is 11.1 Å². The number of rotatable bonds is 3. The summed E-state index contributed by atoms with van der Waals surface area (Å²) in [7, 11) is 0. The van der Waals surface area contributed by atoms with E-state index in [1.165, 1.54) is 19.3 Å². The zero-order valence-electron chi connectivity index (χ0n) is 11.0. The van der Waals surface area contributed by atoms with Crippen molar-refractivity contribution in [2.75, 3.05) is 11.9 Å². The average molecular weight is 256 g/mol. The van der Waals surface area contributed by atoms with E-state index >= 15 is 0 Å². The van der Waals surface area contributed by atoms with Gasteiger partial charge in [-0.05, 0) is 31.4 Å². The first kappa shape index (κ1) is 12.4. The Morgan fingerprint density at radius 3 is 2.95 bits per heavy atom. The highest BCUT2D eigenvalue weighted by atomic mass is 15.1. The van der Waals surface area contributed by atoms with Crippen LogP contribution in [0.3, 0.4) is 0 Å². The van der Waals surface area contributed by atoms with E-state index < -0.39 is 0 Å². The second-order valence-electron chi connectivity index (χ2n) is 5.28. The van der Waals surface area contributed by atoms with Crippen molar-refractivity contribution in [1.82, 2.24) is 9.97 Å². The number of fused-ring (bicyclic) bond motifs is 1. The van der Waals surface area contributed by atoms with E-state index in [0.717, 1.165) is 29.8 Å². The number of hydrogen-bond donors (Lipinski definition) is 2. The lowest BCUT2D eigenvalue weighted by atomic mass is 9.84. The van der Waals surface area contributed by atoms with Crippen LogP contribution in [0.1, 0.15) is 25.7 Å². The monoisotopic (exact) mass is 256 g/mol. The number of nitrogens with one attached hydrogen (secondary N) is 1. The molecule has 4 nitrogen and oxygen atoms in total. The van der Waals surface area contributed by atoms with Gasteiger partial charge in [-0.3, -0.25) is 0 Å². The van der Waals surface area contributed by atoms with Gasteiger partial charge in [0.15, 0.2) is 0 Å². The molecule has 1 aliphatic rings. The molecule has 1 heterocycles. The highest BCUT2D eigenvalue weighted by Gasteiger charge is 2.24. The van der Waals surface area contributed by atoms with E-state index in [-0.39, 0.29) is 0 Å². The van der Waals surface area contributed by atoms with Crippen LogP contribution in [0, 0.1) is 5.92 Å². The molecule has 1 aromatic heterocycles. The van der Waals surface area contributed by atoms with Crippen LogP contribution in [0.5, 0.6) is 0 Å². The summed E-state index contributed by atoms with van der Waals surface area (Å²) < 4.78 is 0. The first-order valence-electron chi connectivity index (χ1n) is 7.05. The van der Waals surface area contributed by atoms with Gasteiger partial charge in [-0.1, -0.05) is 31.0 Å². The SMILES string of the molecule is NCC1CCCCC1Nc1ncc2ccccc2n1. The summed E-state index contributed by atoms with van der Waals surface area (Å²) in [5.74, 6) is 1.27. The molecule has 1 aliphatic carbocycles. The average Bonchev–Trinajstić information content (AvgIpc) is 2.48.